The molecule has 4 rings (SSSR count). The van der Waals surface area contributed by atoms with Gasteiger partial charge in [-0.2, -0.15) is 9.37 Å². The fourth-order valence-electron chi connectivity index (χ4n) is 2.81. The number of halogens is 1. The van der Waals surface area contributed by atoms with Crippen LogP contribution in [0.2, 0.25) is 0 Å². The van der Waals surface area contributed by atoms with Gasteiger partial charge in [0, 0.05) is 20.7 Å². The van der Waals surface area contributed by atoms with E-state index in [9.17, 15) is 4.39 Å². The normalized spacial score (nSPS) is 11.0. The Kier molecular flexibility index (Phi) is 5.25. The average molecular weight is 394 g/mol. The van der Waals surface area contributed by atoms with Gasteiger partial charge in [-0.3, -0.25) is 0 Å². The molecule has 29 heavy (non-hydrogen) atoms. The minimum absolute atomic E-state index is 0.262. The molecule has 0 radical (unpaired) electrons. The maximum atomic E-state index is 13.9. The van der Waals surface area contributed by atoms with E-state index in [4.69, 9.17) is 4.74 Å². The zero-order chi connectivity index (χ0) is 20.2. The maximum Gasteiger partial charge on any atom is 0.311 e. The minimum Gasteiger partial charge on any atom is -0.383 e. The number of aromatic nitrogens is 6. The number of rotatable bonds is 7. The van der Waals surface area contributed by atoms with Crippen molar-refractivity contribution >= 4 is 28.4 Å². The lowest BCUT2D eigenvalue weighted by Crippen LogP contribution is -2.08. The molecule has 0 aliphatic heterocycles. The van der Waals surface area contributed by atoms with Crippen LogP contribution in [0.1, 0.15) is 0 Å². The van der Waals surface area contributed by atoms with Crippen LogP contribution < -0.4 is 10.6 Å². The molecule has 0 amide bonds. The molecule has 4 heterocycles. The third-order valence-corrected chi connectivity index (χ3v) is 4.23. The lowest BCUT2D eigenvalue weighted by Gasteiger charge is -2.10. The molecule has 0 aliphatic rings. The van der Waals surface area contributed by atoms with Gasteiger partial charge in [-0.15, -0.1) is 0 Å². The van der Waals surface area contributed by atoms with Gasteiger partial charge in [0.1, 0.15) is 11.3 Å². The predicted octanol–water partition coefficient (Wildman–Crippen LogP) is 2.76. The van der Waals surface area contributed by atoms with Crippen LogP contribution in [0.25, 0.3) is 22.4 Å². The predicted molar refractivity (Wildman–Crippen MR) is 107 cm³/mol. The number of nitrogens with zero attached hydrogens (tertiary/aromatic N) is 6. The molecule has 9 nitrogen and oxygen atoms in total. The van der Waals surface area contributed by atoms with Gasteiger partial charge in [-0.25, -0.2) is 19.9 Å². The van der Waals surface area contributed by atoms with E-state index in [1.165, 1.54) is 0 Å². The molecule has 10 heteroatoms. The summed E-state index contributed by atoms with van der Waals surface area (Å²) < 4.78 is 20.8. The number of anilines is 3. The third-order valence-electron chi connectivity index (χ3n) is 4.23. The summed E-state index contributed by atoms with van der Waals surface area (Å²) in [6, 6.07) is 7.12. The SMILES string of the molecule is COCCNc1ccc(Nc2nc(F)nc3ccc(-c4cncn4C)nc23)cn1. The number of methoxy groups -OCH3 is 1. The van der Waals surface area contributed by atoms with Crippen LogP contribution in [-0.4, -0.2) is 49.7 Å². The van der Waals surface area contributed by atoms with Crippen molar-refractivity contribution in [1.82, 2.24) is 29.5 Å². The maximum absolute atomic E-state index is 13.9. The zero-order valence-electron chi connectivity index (χ0n) is 15.9. The number of aryl methyl sites for hydroxylation is 1. The summed E-state index contributed by atoms with van der Waals surface area (Å²) in [6.45, 7) is 1.23. The van der Waals surface area contributed by atoms with E-state index in [2.05, 4.69) is 35.6 Å². The molecule has 0 spiro atoms. The molecule has 0 saturated heterocycles. The van der Waals surface area contributed by atoms with E-state index in [1.54, 1.807) is 38.0 Å². The molecule has 2 N–H and O–H groups in total. The standard InChI is InChI=1S/C19H19FN8O/c1-28-11-21-10-15(28)13-4-5-14-17(25-13)18(27-19(20)26-14)24-12-3-6-16(23-9-12)22-7-8-29-2/h3-6,9-11H,7-8H2,1-2H3,(H,22,23)(H,24,26,27). The highest BCUT2D eigenvalue weighted by atomic mass is 19.1. The van der Waals surface area contributed by atoms with E-state index < -0.39 is 6.08 Å². The molecule has 4 aromatic heterocycles. The van der Waals surface area contributed by atoms with Crippen LogP contribution in [0.15, 0.2) is 43.0 Å². The van der Waals surface area contributed by atoms with Crippen LogP contribution in [-0.2, 0) is 11.8 Å². The molecule has 0 aliphatic carbocycles. The summed E-state index contributed by atoms with van der Waals surface area (Å²) in [5, 5.41) is 6.21. The highest BCUT2D eigenvalue weighted by Crippen LogP contribution is 2.25. The number of fused-ring (bicyclic) bond motifs is 1. The van der Waals surface area contributed by atoms with Crippen molar-refractivity contribution in [3.05, 3.63) is 49.1 Å². The van der Waals surface area contributed by atoms with Crippen molar-refractivity contribution in [2.75, 3.05) is 30.9 Å². The Morgan fingerprint density at radius 1 is 1.10 bits per heavy atom. The Hall–Kier alpha value is -3.66. The quantitative estimate of drug-likeness (QED) is 0.364. The van der Waals surface area contributed by atoms with Crippen molar-refractivity contribution in [3.63, 3.8) is 0 Å². The van der Waals surface area contributed by atoms with E-state index >= 15 is 0 Å². The first-order chi connectivity index (χ1) is 14.1. The number of ether oxygens (including phenoxy) is 1. The fraction of sp³-hybridized carbons (Fsp3) is 0.211. The summed E-state index contributed by atoms with van der Waals surface area (Å²) in [5.74, 6) is 0.973. The second kappa shape index (κ2) is 8.15. The molecule has 4 aromatic rings. The summed E-state index contributed by atoms with van der Waals surface area (Å²) >= 11 is 0. The van der Waals surface area contributed by atoms with Crippen molar-refractivity contribution < 1.29 is 9.13 Å². The number of nitrogens with one attached hydrogen (secondary N) is 2. The van der Waals surface area contributed by atoms with Crippen molar-refractivity contribution in [2.45, 2.75) is 0 Å². The minimum atomic E-state index is -0.833. The topological polar surface area (TPSA) is 103 Å². The van der Waals surface area contributed by atoms with Gasteiger partial charge >= 0.3 is 6.08 Å². The lowest BCUT2D eigenvalue weighted by atomic mass is 10.2. The Morgan fingerprint density at radius 3 is 2.72 bits per heavy atom. The molecule has 0 unspecified atom stereocenters. The lowest BCUT2D eigenvalue weighted by molar-refractivity contribution is 0.210. The second-order valence-electron chi connectivity index (χ2n) is 6.27. The first kappa shape index (κ1) is 18.7. The van der Waals surface area contributed by atoms with E-state index in [-0.39, 0.29) is 5.82 Å². The smallest absolute Gasteiger partial charge is 0.311 e. The Balaban J connectivity index is 1.65. The van der Waals surface area contributed by atoms with Gasteiger partial charge < -0.3 is 19.9 Å². The number of imidazole rings is 1. The van der Waals surface area contributed by atoms with Gasteiger partial charge in [0.2, 0.25) is 0 Å². The van der Waals surface area contributed by atoms with Gasteiger partial charge in [0.25, 0.3) is 0 Å². The summed E-state index contributed by atoms with van der Waals surface area (Å²) in [6.07, 6.45) is 4.20. The van der Waals surface area contributed by atoms with Crippen molar-refractivity contribution in [3.8, 4) is 11.4 Å². The molecular formula is C19H19FN8O. The third kappa shape index (κ3) is 4.11. The van der Waals surface area contributed by atoms with Crippen LogP contribution in [0.5, 0.6) is 0 Å². The molecule has 0 atom stereocenters. The van der Waals surface area contributed by atoms with E-state index in [0.29, 0.717) is 41.4 Å². The first-order valence-electron chi connectivity index (χ1n) is 8.91. The molecular weight excluding hydrogens is 375 g/mol. The zero-order valence-corrected chi connectivity index (χ0v) is 15.9. The Bertz CT molecular complexity index is 1130. The Morgan fingerprint density at radius 2 is 2.00 bits per heavy atom. The van der Waals surface area contributed by atoms with Crippen molar-refractivity contribution in [1.29, 1.82) is 0 Å². The van der Waals surface area contributed by atoms with Crippen LogP contribution in [0.4, 0.5) is 21.7 Å². The van der Waals surface area contributed by atoms with Crippen LogP contribution in [0.3, 0.4) is 0 Å². The highest BCUT2D eigenvalue weighted by molar-refractivity contribution is 5.88. The van der Waals surface area contributed by atoms with Gasteiger partial charge in [0.05, 0.1) is 47.9 Å². The van der Waals surface area contributed by atoms with Crippen molar-refractivity contribution in [2.24, 2.45) is 7.05 Å². The van der Waals surface area contributed by atoms with E-state index in [1.807, 2.05) is 23.7 Å². The molecule has 0 aromatic carbocycles. The summed E-state index contributed by atoms with van der Waals surface area (Å²) in [5.41, 5.74) is 3.01. The second-order valence-corrected chi connectivity index (χ2v) is 6.27. The largest absolute Gasteiger partial charge is 0.383 e. The van der Waals surface area contributed by atoms with Gasteiger partial charge in [0.15, 0.2) is 5.82 Å². The number of hydrogen-bond donors (Lipinski definition) is 2. The first-order valence-corrected chi connectivity index (χ1v) is 8.91. The molecule has 0 fully saturated rings. The van der Waals surface area contributed by atoms with Gasteiger partial charge in [-0.05, 0) is 24.3 Å². The monoisotopic (exact) mass is 394 g/mol. The highest BCUT2D eigenvalue weighted by Gasteiger charge is 2.13. The number of pyridine rings is 2. The van der Waals surface area contributed by atoms with Crippen LogP contribution in [0, 0.1) is 6.08 Å². The number of hydrogen-bond acceptors (Lipinski definition) is 8. The molecule has 148 valence electrons. The summed E-state index contributed by atoms with van der Waals surface area (Å²) in [7, 11) is 3.52. The average Bonchev–Trinajstić information content (AvgIpc) is 3.15. The van der Waals surface area contributed by atoms with Crippen LogP contribution >= 0.6 is 0 Å². The summed E-state index contributed by atoms with van der Waals surface area (Å²) in [4.78, 5) is 20.8. The van der Waals surface area contributed by atoms with E-state index in [0.717, 1.165) is 5.69 Å². The Labute approximate surface area is 166 Å². The fourth-order valence-corrected chi connectivity index (χ4v) is 2.81. The molecule has 0 bridgehead atoms. The van der Waals surface area contributed by atoms with Gasteiger partial charge in [-0.1, -0.05) is 0 Å². The molecule has 0 saturated carbocycles.